The Morgan fingerprint density at radius 1 is 0.963 bits per heavy atom. The molecule has 0 atom stereocenters. The molecule has 0 fully saturated rings. The first-order valence-electron chi connectivity index (χ1n) is 8.30. The van der Waals surface area contributed by atoms with E-state index in [4.69, 9.17) is 18.3 Å². The third kappa shape index (κ3) is 3.45. The van der Waals surface area contributed by atoms with Crippen molar-refractivity contribution >= 4 is 16.9 Å². The molecule has 7 heteroatoms. The van der Waals surface area contributed by atoms with E-state index >= 15 is 0 Å². The molecule has 2 heterocycles. The highest BCUT2D eigenvalue weighted by molar-refractivity contribution is 5.96. The fourth-order valence-corrected chi connectivity index (χ4v) is 2.75. The third-order valence-electron chi connectivity index (χ3n) is 3.99. The molecule has 0 unspecified atom stereocenters. The predicted molar refractivity (Wildman–Crippen MR) is 95.8 cm³/mol. The van der Waals surface area contributed by atoms with Crippen LogP contribution in [0.3, 0.4) is 0 Å². The van der Waals surface area contributed by atoms with Gasteiger partial charge in [-0.2, -0.15) is 0 Å². The van der Waals surface area contributed by atoms with Crippen molar-refractivity contribution in [3.8, 4) is 11.5 Å². The van der Waals surface area contributed by atoms with Crippen molar-refractivity contribution in [2.75, 3.05) is 7.11 Å². The van der Waals surface area contributed by atoms with E-state index in [1.807, 2.05) is 48.5 Å². The van der Waals surface area contributed by atoms with Gasteiger partial charge in [-0.1, -0.05) is 36.4 Å². The third-order valence-corrected chi connectivity index (χ3v) is 3.99. The van der Waals surface area contributed by atoms with Crippen LogP contribution >= 0.6 is 0 Å². The number of carbonyl (C=O) groups excluding carboxylic acids is 1. The highest BCUT2D eigenvalue weighted by Gasteiger charge is 2.22. The summed E-state index contributed by atoms with van der Waals surface area (Å²) >= 11 is 0. The first-order chi connectivity index (χ1) is 13.3. The Labute approximate surface area is 154 Å². The second kappa shape index (κ2) is 7.43. The van der Waals surface area contributed by atoms with Crippen LogP contribution in [0.2, 0.25) is 0 Å². The average Bonchev–Trinajstić information content (AvgIpc) is 3.33. The van der Waals surface area contributed by atoms with Gasteiger partial charge in [-0.25, -0.2) is 4.79 Å². The van der Waals surface area contributed by atoms with E-state index in [9.17, 15) is 4.79 Å². The lowest BCUT2D eigenvalue weighted by molar-refractivity contribution is 0.0399. The average molecular weight is 364 g/mol. The summed E-state index contributed by atoms with van der Waals surface area (Å²) in [5.41, 5.74) is 2.04. The Bertz CT molecular complexity index is 1070. The SMILES string of the molecule is COCc1c(C(=O)OCc2nnc(-c3ccccc3)o2)oc2ccccc12. The number of esters is 1. The standard InChI is InChI=1S/C20H16N2O5/c1-24-11-15-14-9-5-6-10-16(14)26-18(15)20(23)25-12-17-21-22-19(27-17)13-7-3-2-4-8-13/h2-10H,11-12H2,1H3. The quantitative estimate of drug-likeness (QED) is 0.478. The minimum atomic E-state index is -0.613. The Hall–Kier alpha value is -3.45. The number of hydrogen-bond donors (Lipinski definition) is 0. The monoisotopic (exact) mass is 364 g/mol. The van der Waals surface area contributed by atoms with E-state index in [1.165, 1.54) is 0 Å². The number of nitrogens with zero attached hydrogens (tertiary/aromatic N) is 2. The summed E-state index contributed by atoms with van der Waals surface area (Å²) < 4.78 is 21.7. The summed E-state index contributed by atoms with van der Waals surface area (Å²) in [6.45, 7) is 0.0856. The van der Waals surface area contributed by atoms with E-state index in [1.54, 1.807) is 13.2 Å². The van der Waals surface area contributed by atoms with Crippen LogP contribution in [0.4, 0.5) is 0 Å². The van der Waals surface area contributed by atoms with Gasteiger partial charge in [0.2, 0.25) is 11.7 Å². The van der Waals surface area contributed by atoms with E-state index in [0.29, 0.717) is 17.0 Å². The molecule has 0 aliphatic heterocycles. The van der Waals surface area contributed by atoms with Crippen LogP contribution in [-0.4, -0.2) is 23.3 Å². The summed E-state index contributed by atoms with van der Waals surface area (Å²) in [5, 5.41) is 8.69. The molecule has 4 rings (SSSR count). The molecule has 0 spiro atoms. The maximum Gasteiger partial charge on any atom is 0.375 e. The lowest BCUT2D eigenvalue weighted by atomic mass is 10.1. The van der Waals surface area contributed by atoms with Crippen molar-refractivity contribution in [2.24, 2.45) is 0 Å². The zero-order chi connectivity index (χ0) is 18.6. The Morgan fingerprint density at radius 3 is 2.56 bits per heavy atom. The molecule has 0 saturated carbocycles. The van der Waals surface area contributed by atoms with Crippen LogP contribution in [0, 0.1) is 0 Å². The Morgan fingerprint density at radius 2 is 1.74 bits per heavy atom. The Kier molecular flexibility index (Phi) is 4.67. The molecule has 0 radical (unpaired) electrons. The summed E-state index contributed by atoms with van der Waals surface area (Å²) in [6.07, 6.45) is 0. The van der Waals surface area contributed by atoms with Gasteiger partial charge in [0.25, 0.3) is 5.89 Å². The number of fused-ring (bicyclic) bond motifs is 1. The van der Waals surface area contributed by atoms with Crippen LogP contribution < -0.4 is 0 Å². The molecule has 0 bridgehead atoms. The van der Waals surface area contributed by atoms with Gasteiger partial charge in [-0.3, -0.25) is 0 Å². The number of furan rings is 1. The molecular weight excluding hydrogens is 348 g/mol. The second-order valence-electron chi connectivity index (χ2n) is 5.78. The molecule has 0 aliphatic rings. The summed E-state index contributed by atoms with van der Waals surface area (Å²) in [5.74, 6) is 0.0654. The van der Waals surface area contributed by atoms with Crippen LogP contribution in [-0.2, 0) is 22.7 Å². The van der Waals surface area contributed by atoms with Crippen LogP contribution in [0.1, 0.15) is 22.0 Å². The Balaban J connectivity index is 1.51. The number of methoxy groups -OCH3 is 1. The van der Waals surface area contributed by atoms with Gasteiger partial charge in [0, 0.05) is 23.6 Å². The van der Waals surface area contributed by atoms with Crippen LogP contribution in [0.15, 0.2) is 63.4 Å². The van der Waals surface area contributed by atoms with Gasteiger partial charge in [0.05, 0.1) is 6.61 Å². The number of hydrogen-bond acceptors (Lipinski definition) is 7. The summed E-state index contributed by atoms with van der Waals surface area (Å²) in [6, 6.07) is 16.7. The molecule has 27 heavy (non-hydrogen) atoms. The van der Waals surface area contributed by atoms with E-state index < -0.39 is 5.97 Å². The second-order valence-corrected chi connectivity index (χ2v) is 5.78. The predicted octanol–water partition coefficient (Wildman–Crippen LogP) is 3.99. The number of rotatable bonds is 6. The first-order valence-corrected chi connectivity index (χ1v) is 8.30. The maximum atomic E-state index is 12.5. The van der Waals surface area contributed by atoms with Crippen molar-refractivity contribution in [3.63, 3.8) is 0 Å². The van der Waals surface area contributed by atoms with E-state index in [-0.39, 0.29) is 24.9 Å². The lowest BCUT2D eigenvalue weighted by Crippen LogP contribution is -2.07. The highest BCUT2D eigenvalue weighted by Crippen LogP contribution is 2.27. The first kappa shape index (κ1) is 17.0. The maximum absolute atomic E-state index is 12.5. The van der Waals surface area contributed by atoms with E-state index in [2.05, 4.69) is 10.2 Å². The molecule has 7 nitrogen and oxygen atoms in total. The lowest BCUT2D eigenvalue weighted by Gasteiger charge is -2.02. The zero-order valence-corrected chi connectivity index (χ0v) is 14.5. The van der Waals surface area contributed by atoms with Crippen LogP contribution in [0.5, 0.6) is 0 Å². The molecule has 2 aromatic carbocycles. The van der Waals surface area contributed by atoms with Crippen molar-refractivity contribution in [2.45, 2.75) is 13.2 Å². The molecular formula is C20H16N2O5. The fourth-order valence-electron chi connectivity index (χ4n) is 2.75. The van der Waals surface area contributed by atoms with Gasteiger partial charge in [-0.05, 0) is 18.2 Å². The number of para-hydroxylation sites is 1. The minimum Gasteiger partial charge on any atom is -0.450 e. The molecule has 4 aromatic rings. The van der Waals surface area contributed by atoms with Crippen molar-refractivity contribution < 1.29 is 23.1 Å². The summed E-state index contributed by atoms with van der Waals surface area (Å²) in [4.78, 5) is 12.5. The fraction of sp³-hybridized carbons (Fsp3) is 0.150. The van der Waals surface area contributed by atoms with Gasteiger partial charge >= 0.3 is 5.97 Å². The van der Waals surface area contributed by atoms with Crippen molar-refractivity contribution in [3.05, 3.63) is 71.8 Å². The van der Waals surface area contributed by atoms with Gasteiger partial charge in [0.1, 0.15) is 5.58 Å². The van der Waals surface area contributed by atoms with Gasteiger partial charge < -0.3 is 18.3 Å². The van der Waals surface area contributed by atoms with Crippen molar-refractivity contribution in [1.82, 2.24) is 10.2 Å². The molecule has 0 aliphatic carbocycles. The zero-order valence-electron chi connectivity index (χ0n) is 14.5. The van der Waals surface area contributed by atoms with Crippen molar-refractivity contribution in [1.29, 1.82) is 0 Å². The van der Waals surface area contributed by atoms with E-state index in [0.717, 1.165) is 10.9 Å². The van der Waals surface area contributed by atoms with Gasteiger partial charge in [0.15, 0.2) is 6.61 Å². The summed E-state index contributed by atoms with van der Waals surface area (Å²) in [7, 11) is 1.56. The highest BCUT2D eigenvalue weighted by atomic mass is 16.6. The molecule has 2 aromatic heterocycles. The number of carbonyl (C=O) groups is 1. The normalized spacial score (nSPS) is 11.0. The largest absolute Gasteiger partial charge is 0.450 e. The number of ether oxygens (including phenoxy) is 2. The topological polar surface area (TPSA) is 87.6 Å². The molecule has 0 N–H and O–H groups in total. The number of benzene rings is 2. The van der Waals surface area contributed by atoms with Crippen LogP contribution in [0.25, 0.3) is 22.4 Å². The smallest absolute Gasteiger partial charge is 0.375 e. The molecule has 0 amide bonds. The minimum absolute atomic E-state index is 0.112. The number of aromatic nitrogens is 2. The molecule has 0 saturated heterocycles. The van der Waals surface area contributed by atoms with Gasteiger partial charge in [-0.15, -0.1) is 10.2 Å². The molecule has 136 valence electrons.